The molecule has 1 atom stereocenters. The lowest BCUT2D eigenvalue weighted by atomic mass is 10.4. The number of nitrogens with one attached hydrogen (secondary N) is 1. The van der Waals surface area contributed by atoms with Gasteiger partial charge in [0.15, 0.2) is 0 Å². The van der Waals surface area contributed by atoms with Crippen LogP contribution in [0.4, 0.5) is 0 Å². The van der Waals surface area contributed by atoms with E-state index in [0.29, 0.717) is 13.0 Å². The third-order valence-electron chi connectivity index (χ3n) is 0.883. The summed E-state index contributed by atoms with van der Waals surface area (Å²) in [5, 5.41) is 11.2. The number of aliphatic hydroxyl groups is 1. The number of carbonyl (C=O) groups excluding carboxylic acids is 1. The molecule has 0 rings (SSSR count). The molecule has 1 unspecified atom stereocenters. The van der Waals surface area contributed by atoms with Gasteiger partial charge in [-0.05, 0) is 7.05 Å². The quantitative estimate of drug-likeness (QED) is 0.459. The van der Waals surface area contributed by atoms with Crippen LogP contribution in [0.25, 0.3) is 0 Å². The van der Waals surface area contributed by atoms with Crippen molar-refractivity contribution in [2.75, 3.05) is 20.2 Å². The molecular weight excluding hydrogens is 122 g/mol. The highest BCUT2D eigenvalue weighted by Gasteiger charge is 2.03. The van der Waals surface area contributed by atoms with Crippen molar-refractivity contribution < 1.29 is 14.6 Å². The van der Waals surface area contributed by atoms with E-state index < -0.39 is 6.10 Å². The Balaban J connectivity index is 3.28. The molecule has 0 aliphatic rings. The first-order valence-corrected chi connectivity index (χ1v) is 2.69. The summed E-state index contributed by atoms with van der Waals surface area (Å²) in [6, 6.07) is 0. The van der Waals surface area contributed by atoms with Crippen molar-refractivity contribution in [3.8, 4) is 0 Å². The predicted octanol–water partition coefficient (Wildman–Crippen LogP) is -1.26. The van der Waals surface area contributed by atoms with E-state index in [2.05, 4.69) is 10.1 Å². The number of carbonyl (C=O) groups is 1. The average molecular weight is 133 g/mol. The van der Waals surface area contributed by atoms with Crippen LogP contribution in [0.3, 0.4) is 0 Å². The summed E-state index contributed by atoms with van der Waals surface area (Å²) in [5.74, 6) is 0. The summed E-state index contributed by atoms with van der Waals surface area (Å²) >= 11 is 0. The Morgan fingerprint density at radius 2 is 2.56 bits per heavy atom. The van der Waals surface area contributed by atoms with Crippen LogP contribution in [0.5, 0.6) is 0 Å². The maximum atomic E-state index is 9.69. The molecule has 0 aromatic rings. The van der Waals surface area contributed by atoms with E-state index in [4.69, 9.17) is 5.11 Å². The van der Waals surface area contributed by atoms with Crippen LogP contribution in [0.1, 0.15) is 0 Å². The zero-order chi connectivity index (χ0) is 7.11. The van der Waals surface area contributed by atoms with Crippen LogP contribution < -0.4 is 5.32 Å². The fraction of sp³-hybridized carbons (Fsp3) is 0.800. The molecule has 4 heteroatoms. The van der Waals surface area contributed by atoms with Gasteiger partial charge < -0.3 is 15.2 Å². The minimum absolute atomic E-state index is 0.139. The third kappa shape index (κ3) is 3.93. The van der Waals surface area contributed by atoms with Gasteiger partial charge in [0.1, 0.15) is 6.10 Å². The standard InChI is InChI=1S/C5H11NO3/c1-6-2-5(3-7)9-4-8/h4-7H,2-3H2,1H3. The molecule has 0 saturated carbocycles. The van der Waals surface area contributed by atoms with Crippen LogP contribution in [-0.4, -0.2) is 37.9 Å². The van der Waals surface area contributed by atoms with Crippen molar-refractivity contribution in [2.24, 2.45) is 0 Å². The minimum Gasteiger partial charge on any atom is -0.461 e. The zero-order valence-corrected chi connectivity index (χ0v) is 5.33. The largest absolute Gasteiger partial charge is 0.461 e. The molecular formula is C5H11NO3. The van der Waals surface area contributed by atoms with Crippen molar-refractivity contribution in [3.05, 3.63) is 0 Å². The van der Waals surface area contributed by atoms with Gasteiger partial charge in [-0.3, -0.25) is 4.79 Å². The predicted molar refractivity (Wildman–Crippen MR) is 31.9 cm³/mol. The lowest BCUT2D eigenvalue weighted by molar-refractivity contribution is -0.135. The third-order valence-corrected chi connectivity index (χ3v) is 0.883. The maximum Gasteiger partial charge on any atom is 0.293 e. The van der Waals surface area contributed by atoms with E-state index in [1.165, 1.54) is 0 Å². The maximum absolute atomic E-state index is 9.69. The lowest BCUT2D eigenvalue weighted by Crippen LogP contribution is -2.29. The smallest absolute Gasteiger partial charge is 0.293 e. The van der Waals surface area contributed by atoms with Crippen molar-refractivity contribution in [2.45, 2.75) is 6.10 Å². The number of hydrogen-bond acceptors (Lipinski definition) is 4. The zero-order valence-electron chi connectivity index (χ0n) is 5.33. The van der Waals surface area contributed by atoms with Crippen LogP contribution in [0.15, 0.2) is 0 Å². The number of aliphatic hydroxyl groups excluding tert-OH is 1. The highest BCUT2D eigenvalue weighted by Crippen LogP contribution is 1.83. The highest BCUT2D eigenvalue weighted by molar-refractivity contribution is 5.37. The summed E-state index contributed by atoms with van der Waals surface area (Å²) in [6.45, 7) is 0.674. The van der Waals surface area contributed by atoms with Gasteiger partial charge >= 0.3 is 0 Å². The summed E-state index contributed by atoms with van der Waals surface area (Å²) in [6.07, 6.45) is -0.410. The summed E-state index contributed by atoms with van der Waals surface area (Å²) in [5.41, 5.74) is 0. The molecule has 0 aromatic heterocycles. The van der Waals surface area contributed by atoms with E-state index in [0.717, 1.165) is 0 Å². The lowest BCUT2D eigenvalue weighted by Gasteiger charge is -2.09. The van der Waals surface area contributed by atoms with Gasteiger partial charge in [0, 0.05) is 6.54 Å². The molecule has 0 bridgehead atoms. The minimum atomic E-state index is -0.410. The second-order valence-electron chi connectivity index (χ2n) is 1.59. The first kappa shape index (κ1) is 8.39. The molecule has 0 fully saturated rings. The Morgan fingerprint density at radius 3 is 2.89 bits per heavy atom. The van der Waals surface area contributed by atoms with Gasteiger partial charge in [0.05, 0.1) is 6.61 Å². The summed E-state index contributed by atoms with van der Waals surface area (Å²) < 4.78 is 4.44. The van der Waals surface area contributed by atoms with Gasteiger partial charge in [0.2, 0.25) is 0 Å². The molecule has 9 heavy (non-hydrogen) atoms. The average Bonchev–Trinajstić information content (AvgIpc) is 1.88. The molecule has 0 heterocycles. The summed E-state index contributed by atoms with van der Waals surface area (Å²) in [4.78, 5) is 9.69. The molecule has 4 nitrogen and oxygen atoms in total. The Kier molecular flexibility index (Phi) is 5.15. The molecule has 0 aliphatic heterocycles. The molecule has 0 amide bonds. The fourth-order valence-corrected chi connectivity index (χ4v) is 0.462. The summed E-state index contributed by atoms with van der Waals surface area (Å²) in [7, 11) is 1.72. The van der Waals surface area contributed by atoms with Crippen LogP contribution >= 0.6 is 0 Å². The fourth-order valence-electron chi connectivity index (χ4n) is 0.462. The Labute approximate surface area is 53.8 Å². The second kappa shape index (κ2) is 5.53. The van der Waals surface area contributed by atoms with Gasteiger partial charge in [-0.25, -0.2) is 0 Å². The molecule has 0 saturated heterocycles. The molecule has 0 radical (unpaired) electrons. The van der Waals surface area contributed by atoms with Crippen molar-refractivity contribution in [1.29, 1.82) is 0 Å². The van der Waals surface area contributed by atoms with E-state index >= 15 is 0 Å². The van der Waals surface area contributed by atoms with Gasteiger partial charge in [-0.2, -0.15) is 0 Å². The number of hydrogen-bond donors (Lipinski definition) is 2. The van der Waals surface area contributed by atoms with E-state index in [1.54, 1.807) is 7.05 Å². The monoisotopic (exact) mass is 133 g/mol. The van der Waals surface area contributed by atoms with E-state index in [1.807, 2.05) is 0 Å². The molecule has 0 aromatic carbocycles. The number of ether oxygens (including phenoxy) is 1. The SMILES string of the molecule is CNCC(CO)OC=O. The number of likely N-dealkylation sites (N-methyl/N-ethyl adjacent to an activating group) is 1. The molecule has 2 N–H and O–H groups in total. The van der Waals surface area contributed by atoms with Crippen LogP contribution in [-0.2, 0) is 9.53 Å². The Morgan fingerprint density at radius 1 is 1.89 bits per heavy atom. The highest BCUT2D eigenvalue weighted by atomic mass is 16.5. The molecule has 0 spiro atoms. The molecule has 54 valence electrons. The Bertz CT molecular complexity index is 76.6. The first-order chi connectivity index (χ1) is 4.35. The topological polar surface area (TPSA) is 58.6 Å². The van der Waals surface area contributed by atoms with E-state index in [-0.39, 0.29) is 6.61 Å². The molecule has 0 aliphatic carbocycles. The van der Waals surface area contributed by atoms with Crippen molar-refractivity contribution in [3.63, 3.8) is 0 Å². The van der Waals surface area contributed by atoms with Crippen LogP contribution in [0, 0.1) is 0 Å². The van der Waals surface area contributed by atoms with Crippen molar-refractivity contribution >= 4 is 6.47 Å². The second-order valence-corrected chi connectivity index (χ2v) is 1.59. The van der Waals surface area contributed by atoms with Gasteiger partial charge in [-0.1, -0.05) is 0 Å². The van der Waals surface area contributed by atoms with Gasteiger partial charge in [-0.15, -0.1) is 0 Å². The number of rotatable bonds is 5. The normalized spacial score (nSPS) is 12.7. The first-order valence-electron chi connectivity index (χ1n) is 2.69. The van der Waals surface area contributed by atoms with E-state index in [9.17, 15) is 4.79 Å². The van der Waals surface area contributed by atoms with Crippen molar-refractivity contribution in [1.82, 2.24) is 5.32 Å². The van der Waals surface area contributed by atoms with Crippen LogP contribution in [0.2, 0.25) is 0 Å². The van der Waals surface area contributed by atoms with Gasteiger partial charge in [0.25, 0.3) is 6.47 Å². The Hall–Kier alpha value is -0.610.